The van der Waals surface area contributed by atoms with Crippen LogP contribution in [0.25, 0.3) is 0 Å². The molecule has 1 aliphatic carbocycles. The van der Waals surface area contributed by atoms with Gasteiger partial charge in [0.2, 0.25) is 0 Å². The number of hydrogen-bond donors (Lipinski definition) is 2. The number of nitrogens with zero attached hydrogens (tertiary/aromatic N) is 1. The summed E-state index contributed by atoms with van der Waals surface area (Å²) in [5.41, 5.74) is 7.09. The molecule has 0 unspecified atom stereocenters. The highest BCUT2D eigenvalue weighted by molar-refractivity contribution is 5.85. The first-order valence-corrected chi connectivity index (χ1v) is 5.74. The van der Waals surface area contributed by atoms with Crippen molar-refractivity contribution in [3.63, 3.8) is 0 Å². The average molecular weight is 269 g/mol. The number of hydrogen-bond acceptors (Lipinski definition) is 4. The van der Waals surface area contributed by atoms with Gasteiger partial charge in [0.15, 0.2) is 11.5 Å². The highest BCUT2D eigenvalue weighted by Crippen LogP contribution is 2.43. The number of halogens is 1. The molecule has 0 radical (unpaired) electrons. The van der Waals surface area contributed by atoms with Crippen molar-refractivity contribution < 1.29 is 9.84 Å². The summed E-state index contributed by atoms with van der Waals surface area (Å²) in [6.45, 7) is 0. The van der Waals surface area contributed by atoms with Crippen molar-refractivity contribution in [1.29, 1.82) is 5.26 Å². The number of ether oxygens (including phenoxy) is 1. The standard InChI is InChI=1S/C13H16N2O2.ClH/c1-17-10-6-5-9(7-14)11(13(10)16)12(15)8-3-2-4-8;/h5-6,8,12,16H,2-4,15H2,1H3;1H/t12-;/m1./s1. The number of phenolic OH excluding ortho intramolecular Hbond substituents is 1. The Balaban J connectivity index is 0.00000162. The molecule has 2 rings (SSSR count). The summed E-state index contributed by atoms with van der Waals surface area (Å²) >= 11 is 0. The summed E-state index contributed by atoms with van der Waals surface area (Å²) < 4.78 is 5.05. The molecule has 1 atom stereocenters. The van der Waals surface area contributed by atoms with Crippen molar-refractivity contribution in [2.75, 3.05) is 7.11 Å². The third-order valence-electron chi connectivity index (χ3n) is 3.51. The number of benzene rings is 1. The van der Waals surface area contributed by atoms with E-state index < -0.39 is 0 Å². The molecule has 1 aromatic rings. The molecule has 18 heavy (non-hydrogen) atoms. The molecule has 0 heterocycles. The first-order valence-electron chi connectivity index (χ1n) is 5.74. The topological polar surface area (TPSA) is 79.3 Å². The van der Waals surface area contributed by atoms with Gasteiger partial charge in [-0.05, 0) is 30.9 Å². The molecule has 4 nitrogen and oxygen atoms in total. The fourth-order valence-electron chi connectivity index (χ4n) is 2.22. The molecule has 5 heteroatoms. The van der Waals surface area contributed by atoms with Crippen LogP contribution in [0.2, 0.25) is 0 Å². The molecule has 0 aromatic heterocycles. The Hall–Kier alpha value is -1.44. The first kappa shape index (κ1) is 14.6. The lowest BCUT2D eigenvalue weighted by Gasteiger charge is -2.32. The van der Waals surface area contributed by atoms with Crippen LogP contribution in [0.3, 0.4) is 0 Å². The summed E-state index contributed by atoms with van der Waals surface area (Å²) in [6, 6.07) is 5.03. The van der Waals surface area contributed by atoms with E-state index in [9.17, 15) is 5.11 Å². The van der Waals surface area contributed by atoms with Gasteiger partial charge in [0.05, 0.1) is 18.7 Å². The number of rotatable bonds is 3. The third kappa shape index (κ3) is 2.38. The second kappa shape index (κ2) is 5.94. The minimum Gasteiger partial charge on any atom is -0.504 e. The van der Waals surface area contributed by atoms with Crippen molar-refractivity contribution in [1.82, 2.24) is 0 Å². The van der Waals surface area contributed by atoms with Gasteiger partial charge in [-0.1, -0.05) is 6.42 Å². The zero-order chi connectivity index (χ0) is 12.4. The summed E-state index contributed by atoms with van der Waals surface area (Å²) in [4.78, 5) is 0. The number of phenols is 1. The van der Waals surface area contributed by atoms with Gasteiger partial charge in [0, 0.05) is 11.6 Å². The van der Waals surface area contributed by atoms with Crippen LogP contribution >= 0.6 is 12.4 Å². The normalized spacial score (nSPS) is 16.1. The SMILES string of the molecule is COc1ccc(C#N)c([C@H](N)C2CCC2)c1O.Cl. The van der Waals surface area contributed by atoms with Gasteiger partial charge in [-0.2, -0.15) is 5.26 Å². The largest absolute Gasteiger partial charge is 0.504 e. The monoisotopic (exact) mass is 268 g/mol. The Morgan fingerprint density at radius 2 is 2.17 bits per heavy atom. The Labute approximate surface area is 113 Å². The van der Waals surface area contributed by atoms with E-state index in [4.69, 9.17) is 15.7 Å². The van der Waals surface area contributed by atoms with Crippen LogP contribution < -0.4 is 10.5 Å². The Kier molecular flexibility index (Phi) is 4.83. The maximum atomic E-state index is 10.1. The average Bonchev–Trinajstić information content (AvgIpc) is 2.25. The van der Waals surface area contributed by atoms with Gasteiger partial charge < -0.3 is 15.6 Å². The lowest BCUT2D eigenvalue weighted by Crippen LogP contribution is -2.27. The molecule has 1 aliphatic rings. The zero-order valence-electron chi connectivity index (χ0n) is 10.2. The van der Waals surface area contributed by atoms with Gasteiger partial charge >= 0.3 is 0 Å². The molecule has 1 saturated carbocycles. The molecule has 3 N–H and O–H groups in total. The van der Waals surface area contributed by atoms with Gasteiger partial charge in [-0.15, -0.1) is 12.4 Å². The molecule has 98 valence electrons. The molecule has 0 amide bonds. The summed E-state index contributed by atoms with van der Waals surface area (Å²) in [5.74, 6) is 0.736. The van der Waals surface area contributed by atoms with Crippen molar-refractivity contribution in [2.45, 2.75) is 25.3 Å². The minimum absolute atomic E-state index is 0. The maximum absolute atomic E-state index is 10.1. The second-order valence-electron chi connectivity index (χ2n) is 4.41. The van der Waals surface area contributed by atoms with Crippen LogP contribution in [0.1, 0.15) is 36.4 Å². The van der Waals surface area contributed by atoms with Crippen LogP contribution in [0, 0.1) is 17.2 Å². The van der Waals surface area contributed by atoms with E-state index in [1.165, 1.54) is 13.5 Å². The van der Waals surface area contributed by atoms with E-state index in [0.717, 1.165) is 12.8 Å². The van der Waals surface area contributed by atoms with Gasteiger partial charge in [-0.25, -0.2) is 0 Å². The summed E-state index contributed by atoms with van der Waals surface area (Å²) in [7, 11) is 1.49. The fourth-order valence-corrected chi connectivity index (χ4v) is 2.22. The number of methoxy groups -OCH3 is 1. The number of nitrogens with two attached hydrogens (primary N) is 1. The van der Waals surface area contributed by atoms with Gasteiger partial charge in [0.1, 0.15) is 0 Å². The van der Waals surface area contributed by atoms with E-state index >= 15 is 0 Å². The molecule has 0 bridgehead atoms. The quantitative estimate of drug-likeness (QED) is 0.883. The summed E-state index contributed by atoms with van der Waals surface area (Å²) in [6.07, 6.45) is 3.29. The van der Waals surface area contributed by atoms with Crippen LogP contribution in [0.5, 0.6) is 11.5 Å². The lowest BCUT2D eigenvalue weighted by molar-refractivity contribution is 0.258. The van der Waals surface area contributed by atoms with E-state index in [1.54, 1.807) is 12.1 Å². The molecular formula is C13H17ClN2O2. The van der Waals surface area contributed by atoms with E-state index in [0.29, 0.717) is 22.8 Å². The van der Waals surface area contributed by atoms with Crippen molar-refractivity contribution in [2.24, 2.45) is 11.7 Å². The van der Waals surface area contributed by atoms with Crippen molar-refractivity contribution in [3.8, 4) is 17.6 Å². The maximum Gasteiger partial charge on any atom is 0.163 e. The van der Waals surface area contributed by atoms with E-state index in [-0.39, 0.29) is 24.2 Å². The van der Waals surface area contributed by atoms with Crippen LogP contribution in [-0.4, -0.2) is 12.2 Å². The number of nitriles is 1. The van der Waals surface area contributed by atoms with E-state index in [2.05, 4.69) is 6.07 Å². The van der Waals surface area contributed by atoms with Crippen LogP contribution in [0.4, 0.5) is 0 Å². The Morgan fingerprint density at radius 1 is 1.50 bits per heavy atom. The highest BCUT2D eigenvalue weighted by atomic mass is 35.5. The van der Waals surface area contributed by atoms with Crippen molar-refractivity contribution in [3.05, 3.63) is 23.3 Å². The van der Waals surface area contributed by atoms with Crippen LogP contribution in [-0.2, 0) is 0 Å². The smallest absolute Gasteiger partial charge is 0.163 e. The number of aromatic hydroxyl groups is 1. The minimum atomic E-state index is -0.284. The zero-order valence-corrected chi connectivity index (χ0v) is 11.0. The van der Waals surface area contributed by atoms with Gasteiger partial charge in [0.25, 0.3) is 0 Å². The van der Waals surface area contributed by atoms with Crippen LogP contribution in [0.15, 0.2) is 12.1 Å². The highest BCUT2D eigenvalue weighted by Gasteiger charge is 2.30. The summed E-state index contributed by atoms with van der Waals surface area (Å²) in [5, 5.41) is 19.2. The molecule has 0 spiro atoms. The third-order valence-corrected chi connectivity index (χ3v) is 3.51. The molecule has 0 saturated heterocycles. The predicted octanol–water partition coefficient (Wildman–Crippen LogP) is 2.49. The van der Waals surface area contributed by atoms with E-state index in [1.807, 2.05) is 0 Å². The predicted molar refractivity (Wildman–Crippen MR) is 70.9 cm³/mol. The molecule has 1 aromatic carbocycles. The second-order valence-corrected chi connectivity index (χ2v) is 4.41. The Morgan fingerprint density at radius 3 is 2.61 bits per heavy atom. The van der Waals surface area contributed by atoms with Gasteiger partial charge in [-0.3, -0.25) is 0 Å². The molecular weight excluding hydrogens is 252 g/mol. The first-order chi connectivity index (χ1) is 8.19. The fraction of sp³-hybridized carbons (Fsp3) is 0.462. The lowest BCUT2D eigenvalue weighted by atomic mass is 9.76. The Bertz CT molecular complexity index is 467. The van der Waals surface area contributed by atoms with Crippen molar-refractivity contribution >= 4 is 12.4 Å². The molecule has 1 fully saturated rings. The molecule has 0 aliphatic heterocycles.